The van der Waals surface area contributed by atoms with Crippen LogP contribution in [0.25, 0.3) is 0 Å². The van der Waals surface area contributed by atoms with Crippen LogP contribution < -0.4 is 19.6 Å². The summed E-state index contributed by atoms with van der Waals surface area (Å²) >= 11 is -1.24. The molecule has 2 rings (SSSR count). The largest absolute Gasteiger partial charge is 0.612 e. The number of carbonyl (C=O) groups is 2. The molecule has 0 saturated heterocycles. The zero-order valence-electron chi connectivity index (χ0n) is 18.8. The Kier molecular flexibility index (Phi) is 7.80. The van der Waals surface area contributed by atoms with Crippen molar-refractivity contribution >= 4 is 23.0 Å². The van der Waals surface area contributed by atoms with Crippen LogP contribution in [0.2, 0.25) is 0 Å². The molecular formula is C22H28N2O6S. The van der Waals surface area contributed by atoms with Crippen molar-refractivity contribution in [2.45, 2.75) is 31.2 Å². The van der Waals surface area contributed by atoms with Crippen LogP contribution >= 0.6 is 0 Å². The summed E-state index contributed by atoms with van der Waals surface area (Å²) in [4.78, 5) is 26.8. The summed E-state index contributed by atoms with van der Waals surface area (Å²) < 4.78 is 27.7. The molecule has 2 aromatic rings. The lowest BCUT2D eigenvalue weighted by molar-refractivity contribution is 0.0358. The van der Waals surface area contributed by atoms with Crippen molar-refractivity contribution in [3.63, 3.8) is 0 Å². The molecule has 0 aliphatic carbocycles. The highest BCUT2D eigenvalue weighted by molar-refractivity contribution is 7.90. The van der Waals surface area contributed by atoms with Crippen molar-refractivity contribution in [1.29, 1.82) is 0 Å². The Balaban J connectivity index is 2.42. The van der Waals surface area contributed by atoms with Gasteiger partial charge in [-0.25, -0.2) is 5.01 Å². The Morgan fingerprint density at radius 2 is 1.55 bits per heavy atom. The van der Waals surface area contributed by atoms with E-state index in [1.54, 1.807) is 39.0 Å². The molecule has 0 fully saturated rings. The first-order valence-corrected chi connectivity index (χ1v) is 11.0. The van der Waals surface area contributed by atoms with Gasteiger partial charge in [-0.2, -0.15) is 0 Å². The molecule has 2 aromatic carbocycles. The summed E-state index contributed by atoms with van der Waals surface area (Å²) in [6, 6.07) is 9.50. The second-order valence-corrected chi connectivity index (χ2v) is 9.03. The fraction of sp³-hybridized carbons (Fsp3) is 0.364. The predicted octanol–water partition coefficient (Wildman–Crippen LogP) is 3.04. The van der Waals surface area contributed by atoms with Crippen LogP contribution in [0.4, 0.5) is 0 Å². The SMILES string of the molecule is COc1cc(C(=O)N(NC(=O)c2cccc([S+](C)[O-])c2)C(C)(C)C)cc(OC)c1OC. The van der Waals surface area contributed by atoms with E-state index in [0.717, 1.165) is 0 Å². The number of ether oxygens (including phenoxy) is 3. The van der Waals surface area contributed by atoms with Crippen LogP contribution in [0.1, 0.15) is 41.5 Å². The van der Waals surface area contributed by atoms with Crippen LogP contribution in [0.3, 0.4) is 0 Å². The van der Waals surface area contributed by atoms with Gasteiger partial charge in [0, 0.05) is 17.2 Å². The van der Waals surface area contributed by atoms with E-state index in [4.69, 9.17) is 14.2 Å². The van der Waals surface area contributed by atoms with Crippen molar-refractivity contribution in [3.05, 3.63) is 47.5 Å². The van der Waals surface area contributed by atoms with Gasteiger partial charge < -0.3 is 18.8 Å². The Bertz CT molecular complexity index is 930. The second-order valence-electron chi connectivity index (χ2n) is 7.65. The summed E-state index contributed by atoms with van der Waals surface area (Å²) in [5.74, 6) is 0.0441. The van der Waals surface area contributed by atoms with Crippen LogP contribution in [-0.2, 0) is 11.2 Å². The smallest absolute Gasteiger partial charge is 0.273 e. The van der Waals surface area contributed by atoms with Gasteiger partial charge in [0.25, 0.3) is 11.8 Å². The molecule has 0 bridgehead atoms. The quantitative estimate of drug-likeness (QED) is 0.539. The number of carbonyl (C=O) groups excluding carboxylic acids is 2. The Hall–Kier alpha value is -2.91. The summed E-state index contributed by atoms with van der Waals surface area (Å²) in [7, 11) is 4.39. The summed E-state index contributed by atoms with van der Waals surface area (Å²) in [6.45, 7) is 5.38. The minimum atomic E-state index is -1.24. The maximum Gasteiger partial charge on any atom is 0.273 e. The molecule has 31 heavy (non-hydrogen) atoms. The first-order valence-electron chi connectivity index (χ1n) is 9.42. The second kappa shape index (κ2) is 9.93. The molecule has 0 aliphatic heterocycles. The van der Waals surface area contributed by atoms with Crippen LogP contribution in [-0.4, -0.2) is 54.5 Å². The molecule has 0 heterocycles. The monoisotopic (exact) mass is 448 g/mol. The maximum atomic E-state index is 13.4. The van der Waals surface area contributed by atoms with Crippen molar-refractivity contribution in [2.75, 3.05) is 27.6 Å². The number of nitrogens with one attached hydrogen (secondary N) is 1. The number of amides is 2. The predicted molar refractivity (Wildman–Crippen MR) is 118 cm³/mol. The maximum absolute atomic E-state index is 13.4. The van der Waals surface area contributed by atoms with Gasteiger partial charge in [-0.15, -0.1) is 0 Å². The Labute approximate surface area is 185 Å². The number of hydrogen-bond acceptors (Lipinski definition) is 6. The standard InChI is InChI=1S/C22H28N2O6S/c1-22(2,3)24(23-20(25)14-9-8-10-16(11-14)31(7)27)21(26)15-12-17(28-4)19(30-6)18(13-15)29-5/h8-13H,1-7H3,(H,23,25). The first-order chi connectivity index (χ1) is 14.5. The number of benzene rings is 2. The summed E-state index contributed by atoms with van der Waals surface area (Å²) in [5, 5.41) is 1.24. The highest BCUT2D eigenvalue weighted by Crippen LogP contribution is 2.38. The minimum Gasteiger partial charge on any atom is -0.612 e. The van der Waals surface area contributed by atoms with Crippen molar-refractivity contribution in [3.8, 4) is 17.2 Å². The first kappa shape index (κ1) is 24.4. The topological polar surface area (TPSA) is 100 Å². The molecule has 8 nitrogen and oxygen atoms in total. The van der Waals surface area contributed by atoms with Gasteiger partial charge in [-0.3, -0.25) is 15.0 Å². The van der Waals surface area contributed by atoms with E-state index in [1.807, 2.05) is 0 Å². The lowest BCUT2D eigenvalue weighted by Gasteiger charge is -2.35. The Morgan fingerprint density at radius 1 is 0.968 bits per heavy atom. The molecule has 1 atom stereocenters. The number of rotatable bonds is 6. The van der Waals surface area contributed by atoms with Gasteiger partial charge in [0.1, 0.15) is 6.26 Å². The number of hydrazine groups is 1. The van der Waals surface area contributed by atoms with Gasteiger partial charge in [-0.1, -0.05) is 6.07 Å². The van der Waals surface area contributed by atoms with Crippen LogP contribution in [0, 0.1) is 0 Å². The van der Waals surface area contributed by atoms with Crippen LogP contribution in [0.5, 0.6) is 17.2 Å². The van der Waals surface area contributed by atoms with Gasteiger partial charge in [0.2, 0.25) is 5.75 Å². The molecule has 2 amide bonds. The third-order valence-corrected chi connectivity index (χ3v) is 5.34. The molecule has 1 N–H and O–H groups in total. The number of hydrogen-bond donors (Lipinski definition) is 1. The average molecular weight is 449 g/mol. The molecule has 0 aromatic heterocycles. The number of methoxy groups -OCH3 is 3. The molecule has 168 valence electrons. The number of nitrogens with zero attached hydrogens (tertiary/aromatic N) is 1. The fourth-order valence-corrected chi connectivity index (χ4v) is 3.40. The summed E-state index contributed by atoms with van der Waals surface area (Å²) in [6.07, 6.45) is 1.53. The average Bonchev–Trinajstić information content (AvgIpc) is 2.74. The van der Waals surface area contributed by atoms with Gasteiger partial charge in [0.05, 0.1) is 26.9 Å². The van der Waals surface area contributed by atoms with Gasteiger partial charge >= 0.3 is 0 Å². The van der Waals surface area contributed by atoms with E-state index < -0.39 is 28.5 Å². The molecule has 0 aliphatic rings. The lowest BCUT2D eigenvalue weighted by atomic mass is 10.1. The third kappa shape index (κ3) is 5.62. The fourth-order valence-electron chi connectivity index (χ4n) is 2.84. The van der Waals surface area contributed by atoms with E-state index in [1.165, 1.54) is 50.8 Å². The lowest BCUT2D eigenvalue weighted by Crippen LogP contribution is -2.55. The van der Waals surface area contributed by atoms with Crippen molar-refractivity contribution < 1.29 is 28.4 Å². The molecule has 1 unspecified atom stereocenters. The summed E-state index contributed by atoms with van der Waals surface area (Å²) in [5.41, 5.74) is 2.46. The molecule has 0 radical (unpaired) electrons. The molecule has 0 spiro atoms. The third-order valence-electron chi connectivity index (χ3n) is 4.43. The van der Waals surface area contributed by atoms with E-state index in [0.29, 0.717) is 27.7 Å². The highest BCUT2D eigenvalue weighted by atomic mass is 32.2. The Morgan fingerprint density at radius 3 is 2.00 bits per heavy atom. The van der Waals surface area contributed by atoms with Gasteiger partial charge in [-0.05, 0) is 56.2 Å². The van der Waals surface area contributed by atoms with E-state index in [2.05, 4.69) is 5.43 Å². The highest BCUT2D eigenvalue weighted by Gasteiger charge is 2.31. The molecule has 9 heteroatoms. The molecular weight excluding hydrogens is 420 g/mol. The van der Waals surface area contributed by atoms with Crippen LogP contribution in [0.15, 0.2) is 41.3 Å². The zero-order chi connectivity index (χ0) is 23.3. The normalized spacial score (nSPS) is 12.0. The van der Waals surface area contributed by atoms with E-state index in [9.17, 15) is 14.1 Å². The van der Waals surface area contributed by atoms with E-state index >= 15 is 0 Å². The molecule has 0 saturated carbocycles. The minimum absolute atomic E-state index is 0.244. The van der Waals surface area contributed by atoms with E-state index in [-0.39, 0.29) is 5.56 Å². The zero-order valence-corrected chi connectivity index (χ0v) is 19.6. The van der Waals surface area contributed by atoms with Gasteiger partial charge in [0.15, 0.2) is 16.4 Å². The van der Waals surface area contributed by atoms with Crippen molar-refractivity contribution in [1.82, 2.24) is 10.4 Å². The van der Waals surface area contributed by atoms with Crippen molar-refractivity contribution in [2.24, 2.45) is 0 Å².